The van der Waals surface area contributed by atoms with Gasteiger partial charge in [0.15, 0.2) is 0 Å². The van der Waals surface area contributed by atoms with E-state index in [-0.39, 0.29) is 6.42 Å². The van der Waals surface area contributed by atoms with Crippen LogP contribution in [0, 0.1) is 5.82 Å². The van der Waals surface area contributed by atoms with Crippen molar-refractivity contribution in [2.24, 2.45) is 0 Å². The number of carboxylic acid groups (broad SMARTS) is 1. The van der Waals surface area contributed by atoms with E-state index in [1.165, 1.54) is 30.0 Å². The Kier molecular flexibility index (Phi) is 4.70. The van der Waals surface area contributed by atoms with Crippen molar-refractivity contribution in [2.75, 3.05) is 11.5 Å². The van der Waals surface area contributed by atoms with Crippen LogP contribution in [-0.4, -0.2) is 34.0 Å². The van der Waals surface area contributed by atoms with E-state index in [0.29, 0.717) is 28.0 Å². The predicted octanol–water partition coefficient (Wildman–Crippen LogP) is 2.21. The molecule has 0 aromatic heterocycles. The van der Waals surface area contributed by atoms with Gasteiger partial charge in [0.05, 0.1) is 6.42 Å². The summed E-state index contributed by atoms with van der Waals surface area (Å²) in [6.07, 6.45) is 0.348. The minimum atomic E-state index is -1.19. The van der Waals surface area contributed by atoms with Gasteiger partial charge in [-0.15, -0.1) is 0 Å². The van der Waals surface area contributed by atoms with E-state index in [1.807, 2.05) is 0 Å². The second kappa shape index (κ2) is 6.13. The Morgan fingerprint density at radius 3 is 2.85 bits per heavy atom. The van der Waals surface area contributed by atoms with Crippen molar-refractivity contribution in [1.29, 1.82) is 0 Å². The molecular weight excluding hydrogens is 349 g/mol. The molecule has 20 heavy (non-hydrogen) atoms. The number of aliphatic carboxylic acids is 1. The molecule has 1 aromatic carbocycles. The summed E-state index contributed by atoms with van der Waals surface area (Å²) in [4.78, 5) is 23.3. The van der Waals surface area contributed by atoms with Crippen LogP contribution in [0.2, 0.25) is 0 Å². The summed E-state index contributed by atoms with van der Waals surface area (Å²) in [6.45, 7) is 0. The summed E-state index contributed by atoms with van der Waals surface area (Å²) in [5.74, 6) is -0.801. The maximum Gasteiger partial charge on any atom is 0.330 e. The molecule has 7 heteroatoms. The van der Waals surface area contributed by atoms with Crippen LogP contribution < -0.4 is 5.32 Å². The molecule has 2 rings (SSSR count). The van der Waals surface area contributed by atoms with Gasteiger partial charge >= 0.3 is 5.97 Å². The molecule has 0 spiro atoms. The summed E-state index contributed by atoms with van der Waals surface area (Å²) in [5, 5.41) is 11.9. The van der Waals surface area contributed by atoms with Gasteiger partial charge in [0.2, 0.25) is 5.91 Å². The zero-order chi connectivity index (χ0) is 14.8. The Labute approximate surface area is 128 Å². The lowest BCUT2D eigenvalue weighted by molar-refractivity contribution is -0.146. The summed E-state index contributed by atoms with van der Waals surface area (Å²) < 4.78 is 13.8. The molecule has 1 heterocycles. The lowest BCUT2D eigenvalue weighted by atomic mass is 9.98. The molecule has 4 nitrogen and oxygen atoms in total. The molecule has 1 fully saturated rings. The van der Waals surface area contributed by atoms with Crippen LogP contribution in [-0.2, 0) is 16.0 Å². The number of hydrogen-bond acceptors (Lipinski definition) is 3. The number of carbonyl (C=O) groups is 2. The highest BCUT2D eigenvalue weighted by atomic mass is 79.9. The summed E-state index contributed by atoms with van der Waals surface area (Å²) in [6, 6.07) is 4.08. The summed E-state index contributed by atoms with van der Waals surface area (Å²) in [7, 11) is 0. The number of carbonyl (C=O) groups excluding carboxylic acids is 1. The van der Waals surface area contributed by atoms with Crippen LogP contribution in [0.25, 0.3) is 0 Å². The first-order valence-corrected chi connectivity index (χ1v) is 7.94. The van der Waals surface area contributed by atoms with Gasteiger partial charge in [0, 0.05) is 10.2 Å². The first-order valence-electron chi connectivity index (χ1n) is 5.99. The summed E-state index contributed by atoms with van der Waals surface area (Å²) in [5.41, 5.74) is -0.699. The zero-order valence-electron chi connectivity index (χ0n) is 10.5. The number of carboxylic acids is 1. The van der Waals surface area contributed by atoms with Gasteiger partial charge in [-0.3, -0.25) is 4.79 Å². The Morgan fingerprint density at radius 1 is 1.50 bits per heavy atom. The fourth-order valence-corrected chi connectivity index (χ4v) is 3.76. The number of hydrogen-bond donors (Lipinski definition) is 2. The second-order valence-electron chi connectivity index (χ2n) is 4.65. The molecule has 1 atom stereocenters. The lowest BCUT2D eigenvalue weighted by Gasteiger charge is -2.24. The average molecular weight is 362 g/mol. The fraction of sp³-hybridized carbons (Fsp3) is 0.385. The van der Waals surface area contributed by atoms with Crippen molar-refractivity contribution >= 4 is 39.6 Å². The molecule has 2 N–H and O–H groups in total. The van der Waals surface area contributed by atoms with Crippen LogP contribution >= 0.6 is 27.7 Å². The van der Waals surface area contributed by atoms with Crippen LogP contribution in [0.15, 0.2) is 22.7 Å². The molecule has 1 saturated heterocycles. The quantitative estimate of drug-likeness (QED) is 0.862. The third-order valence-corrected chi connectivity index (χ3v) is 5.13. The van der Waals surface area contributed by atoms with Crippen molar-refractivity contribution in [3.63, 3.8) is 0 Å². The molecule has 108 valence electrons. The average Bonchev–Trinajstić information content (AvgIpc) is 2.83. The number of benzene rings is 1. The van der Waals surface area contributed by atoms with Gasteiger partial charge in [-0.1, -0.05) is 15.9 Å². The van der Waals surface area contributed by atoms with E-state index in [0.717, 1.165) is 0 Å². The minimum Gasteiger partial charge on any atom is -0.479 e. The van der Waals surface area contributed by atoms with Crippen LogP contribution in [0.3, 0.4) is 0 Å². The maximum absolute atomic E-state index is 13.2. The third-order valence-electron chi connectivity index (χ3n) is 3.17. The normalized spacial score (nSPS) is 21.7. The third kappa shape index (κ3) is 3.32. The number of halogens is 2. The first kappa shape index (κ1) is 15.3. The molecule has 0 radical (unpaired) electrons. The highest BCUT2D eigenvalue weighted by molar-refractivity contribution is 9.10. The van der Waals surface area contributed by atoms with Crippen molar-refractivity contribution in [3.8, 4) is 0 Å². The van der Waals surface area contributed by atoms with Crippen LogP contribution in [0.5, 0.6) is 0 Å². The smallest absolute Gasteiger partial charge is 0.330 e. The Morgan fingerprint density at radius 2 is 2.25 bits per heavy atom. The number of rotatable bonds is 4. The first-order chi connectivity index (χ1) is 9.43. The number of amides is 1. The molecule has 0 aliphatic carbocycles. The maximum atomic E-state index is 13.2. The molecule has 1 aliphatic rings. The minimum absolute atomic E-state index is 0.0575. The van der Waals surface area contributed by atoms with Crippen LogP contribution in [0.4, 0.5) is 4.39 Å². The fourth-order valence-electron chi connectivity index (χ4n) is 2.05. The van der Waals surface area contributed by atoms with E-state index >= 15 is 0 Å². The summed E-state index contributed by atoms with van der Waals surface area (Å²) >= 11 is 4.75. The monoisotopic (exact) mass is 361 g/mol. The predicted molar refractivity (Wildman–Crippen MR) is 78.3 cm³/mol. The Balaban J connectivity index is 2.08. The molecular formula is C13H13BrFNO3S. The zero-order valence-corrected chi connectivity index (χ0v) is 12.9. The van der Waals surface area contributed by atoms with Crippen molar-refractivity contribution in [3.05, 3.63) is 34.1 Å². The Hall–Kier alpha value is -1.08. The standard InChI is InChI=1S/C13H13BrFNO3S/c14-10-2-1-9(15)5-8(10)6-11(17)16-13(12(18)19)3-4-20-7-13/h1-2,5H,3-4,6-7H2,(H,16,17)(H,18,19). The number of nitrogens with one attached hydrogen (secondary N) is 1. The molecule has 1 aliphatic heterocycles. The highest BCUT2D eigenvalue weighted by Gasteiger charge is 2.43. The largest absolute Gasteiger partial charge is 0.479 e. The van der Waals surface area contributed by atoms with E-state index < -0.39 is 23.2 Å². The van der Waals surface area contributed by atoms with E-state index in [4.69, 9.17) is 0 Å². The van der Waals surface area contributed by atoms with Gasteiger partial charge in [0.25, 0.3) is 0 Å². The molecule has 0 bridgehead atoms. The van der Waals surface area contributed by atoms with Crippen molar-refractivity contribution < 1.29 is 19.1 Å². The molecule has 1 amide bonds. The van der Waals surface area contributed by atoms with Crippen LogP contribution in [0.1, 0.15) is 12.0 Å². The highest BCUT2D eigenvalue weighted by Crippen LogP contribution is 2.28. The van der Waals surface area contributed by atoms with Gasteiger partial charge in [-0.2, -0.15) is 11.8 Å². The SMILES string of the molecule is O=C(Cc1cc(F)ccc1Br)NC1(C(=O)O)CCSC1. The van der Waals surface area contributed by atoms with Gasteiger partial charge < -0.3 is 10.4 Å². The van der Waals surface area contributed by atoms with Crippen molar-refractivity contribution in [1.82, 2.24) is 5.32 Å². The van der Waals surface area contributed by atoms with E-state index in [2.05, 4.69) is 21.2 Å². The number of thioether (sulfide) groups is 1. The molecule has 0 saturated carbocycles. The van der Waals surface area contributed by atoms with Crippen molar-refractivity contribution in [2.45, 2.75) is 18.4 Å². The lowest BCUT2D eigenvalue weighted by Crippen LogP contribution is -2.55. The van der Waals surface area contributed by atoms with E-state index in [1.54, 1.807) is 0 Å². The van der Waals surface area contributed by atoms with Gasteiger partial charge in [0.1, 0.15) is 11.4 Å². The van der Waals surface area contributed by atoms with Gasteiger partial charge in [-0.05, 0) is 35.9 Å². The Bertz CT molecular complexity index is 546. The van der Waals surface area contributed by atoms with Gasteiger partial charge in [-0.25, -0.2) is 9.18 Å². The molecule has 1 unspecified atom stereocenters. The molecule has 1 aromatic rings. The second-order valence-corrected chi connectivity index (χ2v) is 6.61. The van der Waals surface area contributed by atoms with E-state index in [9.17, 15) is 19.1 Å². The topological polar surface area (TPSA) is 66.4 Å².